The quantitative estimate of drug-likeness (QED) is 0.0815. The Morgan fingerprint density at radius 1 is 0.290 bits per heavy atom. The molecule has 69 heavy (non-hydrogen) atoms. The van der Waals surface area contributed by atoms with E-state index in [4.69, 9.17) is 4.42 Å². The van der Waals surface area contributed by atoms with Crippen LogP contribution < -0.4 is 25.6 Å². The summed E-state index contributed by atoms with van der Waals surface area (Å²) in [6.07, 6.45) is 0. The van der Waals surface area contributed by atoms with Gasteiger partial charge in [0.05, 0.1) is 5.69 Å². The first-order valence-electron chi connectivity index (χ1n) is 23.7. The Bertz CT molecular complexity index is 3900. The van der Waals surface area contributed by atoms with Crippen LogP contribution in [-0.4, -0.2) is 8.07 Å². The van der Waals surface area contributed by atoms with Crippen LogP contribution in [-0.2, 0) is 0 Å². The first-order chi connectivity index (χ1) is 34.2. The molecule has 13 aromatic rings. The predicted molar refractivity (Wildman–Crippen MR) is 295 cm³/mol. The summed E-state index contributed by atoms with van der Waals surface area (Å²) in [5.41, 5.74) is 9.84. The maximum absolute atomic E-state index is 6.61. The summed E-state index contributed by atoms with van der Waals surface area (Å²) in [6.45, 7) is 0. The van der Waals surface area contributed by atoms with Crippen LogP contribution in [0.25, 0.3) is 76.5 Å². The standard InChI is InChI=1S/C66H45NOSi/c1-5-19-46(20-6-1)56-27-13-14-28-57(56)47-35-37-50(38-36-47)67(64-45-63-61-30-17-18-32-65(61)68-66(63)62-31-16-15-29-60(62)64)51-39-41-58-48(43-51)33-34-49-44-55(40-42-59(49)58)69(52-21-7-2-8-22-52,53-23-9-3-10-24-53)54-25-11-4-12-26-54/h1-45H. The summed E-state index contributed by atoms with van der Waals surface area (Å²) in [7, 11) is -2.70. The van der Waals surface area contributed by atoms with Crippen LogP contribution in [0.4, 0.5) is 17.1 Å². The van der Waals surface area contributed by atoms with Gasteiger partial charge in [-0.05, 0) is 101 Å². The van der Waals surface area contributed by atoms with E-state index in [1.807, 2.05) is 6.07 Å². The van der Waals surface area contributed by atoms with Gasteiger partial charge in [-0.15, -0.1) is 0 Å². The third-order valence-electron chi connectivity index (χ3n) is 14.2. The lowest BCUT2D eigenvalue weighted by Gasteiger charge is -2.34. The highest BCUT2D eigenvalue weighted by atomic mass is 28.3. The van der Waals surface area contributed by atoms with E-state index in [2.05, 4.69) is 272 Å². The number of nitrogens with zero attached hydrogens (tertiary/aromatic N) is 1. The van der Waals surface area contributed by atoms with E-state index in [1.165, 1.54) is 64.5 Å². The summed E-state index contributed by atoms with van der Waals surface area (Å²) in [4.78, 5) is 2.43. The van der Waals surface area contributed by atoms with Crippen molar-refractivity contribution in [2.45, 2.75) is 0 Å². The molecule has 12 aromatic carbocycles. The summed E-state index contributed by atoms with van der Waals surface area (Å²) < 4.78 is 6.61. The topological polar surface area (TPSA) is 16.4 Å². The lowest BCUT2D eigenvalue weighted by atomic mass is 9.94. The molecule has 1 heterocycles. The van der Waals surface area contributed by atoms with Crippen LogP contribution in [0.5, 0.6) is 0 Å². The van der Waals surface area contributed by atoms with Crippen molar-refractivity contribution in [3.63, 3.8) is 0 Å². The van der Waals surface area contributed by atoms with Crippen molar-refractivity contribution in [2.24, 2.45) is 0 Å². The monoisotopic (exact) mass is 895 g/mol. The van der Waals surface area contributed by atoms with Gasteiger partial charge in [-0.1, -0.05) is 237 Å². The number of hydrogen-bond acceptors (Lipinski definition) is 2. The Morgan fingerprint density at radius 3 is 1.39 bits per heavy atom. The molecule has 3 heteroatoms. The van der Waals surface area contributed by atoms with Crippen LogP contribution in [0.1, 0.15) is 0 Å². The summed E-state index contributed by atoms with van der Waals surface area (Å²) in [5, 5.41) is 14.8. The second-order valence-corrected chi connectivity index (χ2v) is 21.8. The molecule has 324 valence electrons. The van der Waals surface area contributed by atoms with Crippen molar-refractivity contribution in [3.05, 3.63) is 273 Å². The molecule has 0 bridgehead atoms. The van der Waals surface area contributed by atoms with Crippen molar-refractivity contribution in [2.75, 3.05) is 4.90 Å². The molecule has 13 rings (SSSR count). The molecule has 0 aliphatic carbocycles. The average Bonchev–Trinajstić information content (AvgIpc) is 3.81. The highest BCUT2D eigenvalue weighted by Gasteiger charge is 2.41. The van der Waals surface area contributed by atoms with Crippen molar-refractivity contribution in [3.8, 4) is 22.3 Å². The van der Waals surface area contributed by atoms with E-state index >= 15 is 0 Å². The summed E-state index contributed by atoms with van der Waals surface area (Å²) >= 11 is 0. The molecular formula is C66H45NOSi. The van der Waals surface area contributed by atoms with Crippen molar-refractivity contribution in [1.29, 1.82) is 0 Å². The smallest absolute Gasteiger partial charge is 0.179 e. The van der Waals surface area contributed by atoms with E-state index in [1.54, 1.807) is 0 Å². The minimum Gasteiger partial charge on any atom is -0.455 e. The predicted octanol–water partition coefficient (Wildman–Crippen LogP) is 15.2. The number of rotatable bonds is 9. The van der Waals surface area contributed by atoms with Crippen LogP contribution in [0.2, 0.25) is 0 Å². The van der Waals surface area contributed by atoms with Gasteiger partial charge in [0, 0.05) is 32.9 Å². The Balaban J connectivity index is 0.990. The molecule has 0 N–H and O–H groups in total. The van der Waals surface area contributed by atoms with Crippen molar-refractivity contribution in [1.82, 2.24) is 0 Å². The molecule has 0 saturated carbocycles. The molecule has 0 aliphatic rings. The normalized spacial score (nSPS) is 11.8. The first-order valence-corrected chi connectivity index (χ1v) is 25.7. The van der Waals surface area contributed by atoms with Gasteiger partial charge >= 0.3 is 0 Å². The molecule has 0 fully saturated rings. The highest BCUT2D eigenvalue weighted by Crippen LogP contribution is 2.46. The third-order valence-corrected chi connectivity index (χ3v) is 19.0. The molecule has 0 unspecified atom stereocenters. The van der Waals surface area contributed by atoms with Crippen molar-refractivity contribution < 1.29 is 4.42 Å². The summed E-state index contributed by atoms with van der Waals surface area (Å²) in [5.74, 6) is 0. The van der Waals surface area contributed by atoms with E-state index < -0.39 is 8.07 Å². The SMILES string of the molecule is c1ccc(-c2ccccc2-c2ccc(N(c3ccc4c(ccc5cc([Si](c6ccccc6)(c6ccccc6)c6ccccc6)ccc54)c3)c3cc4c5ccccc5oc4c4ccccc34)cc2)cc1. The summed E-state index contributed by atoms with van der Waals surface area (Å²) in [6, 6.07) is 100. The zero-order valence-electron chi connectivity index (χ0n) is 37.8. The maximum Gasteiger partial charge on any atom is 0.179 e. The minimum absolute atomic E-state index is 0.889. The van der Waals surface area contributed by atoms with E-state index in [0.717, 1.165) is 49.8 Å². The van der Waals surface area contributed by atoms with Crippen LogP contribution in [0, 0.1) is 0 Å². The zero-order valence-corrected chi connectivity index (χ0v) is 38.8. The molecule has 1 aromatic heterocycles. The minimum atomic E-state index is -2.70. The molecule has 0 spiro atoms. The number of benzene rings is 12. The molecule has 0 amide bonds. The van der Waals surface area contributed by atoms with Gasteiger partial charge in [0.1, 0.15) is 11.2 Å². The van der Waals surface area contributed by atoms with Gasteiger partial charge in [-0.3, -0.25) is 0 Å². The number of anilines is 3. The largest absolute Gasteiger partial charge is 0.455 e. The fraction of sp³-hybridized carbons (Fsp3) is 0. The number of furan rings is 1. The van der Waals surface area contributed by atoms with Gasteiger partial charge in [0.15, 0.2) is 8.07 Å². The Hall–Kier alpha value is -8.76. The van der Waals surface area contributed by atoms with E-state index in [9.17, 15) is 0 Å². The van der Waals surface area contributed by atoms with Gasteiger partial charge < -0.3 is 9.32 Å². The van der Waals surface area contributed by atoms with Crippen LogP contribution in [0.15, 0.2) is 277 Å². The second-order valence-electron chi connectivity index (χ2n) is 18.0. The fourth-order valence-electron chi connectivity index (χ4n) is 11.0. The lowest BCUT2D eigenvalue weighted by molar-refractivity contribution is 0.672. The van der Waals surface area contributed by atoms with Crippen molar-refractivity contribution >= 4 is 100 Å². The number of fused-ring (bicyclic) bond motifs is 8. The van der Waals surface area contributed by atoms with Crippen LogP contribution >= 0.6 is 0 Å². The van der Waals surface area contributed by atoms with Crippen LogP contribution in [0.3, 0.4) is 0 Å². The molecule has 0 aliphatic heterocycles. The zero-order chi connectivity index (χ0) is 45.7. The average molecular weight is 896 g/mol. The third kappa shape index (κ3) is 6.78. The van der Waals surface area contributed by atoms with E-state index in [0.29, 0.717) is 0 Å². The first kappa shape index (κ1) is 40.5. The molecule has 2 nitrogen and oxygen atoms in total. The molecule has 0 radical (unpaired) electrons. The maximum atomic E-state index is 6.61. The number of hydrogen-bond donors (Lipinski definition) is 0. The Labute approximate surface area is 402 Å². The fourth-order valence-corrected chi connectivity index (χ4v) is 15.8. The highest BCUT2D eigenvalue weighted by molar-refractivity contribution is 7.20. The van der Waals surface area contributed by atoms with Gasteiger partial charge in [0.25, 0.3) is 0 Å². The van der Waals surface area contributed by atoms with Gasteiger partial charge in [-0.2, -0.15) is 0 Å². The second kappa shape index (κ2) is 16.8. The lowest BCUT2D eigenvalue weighted by Crippen LogP contribution is -2.74. The van der Waals surface area contributed by atoms with Gasteiger partial charge in [-0.25, -0.2) is 0 Å². The number of para-hydroxylation sites is 1. The molecule has 0 atom stereocenters. The van der Waals surface area contributed by atoms with E-state index in [-0.39, 0.29) is 0 Å². The molecule has 0 saturated heterocycles. The Kier molecular flexibility index (Phi) is 9.88. The Morgan fingerprint density at radius 2 is 0.768 bits per heavy atom. The van der Waals surface area contributed by atoms with Gasteiger partial charge in [0.2, 0.25) is 0 Å². The molecular weight excluding hydrogens is 851 g/mol.